The third-order valence-electron chi connectivity index (χ3n) is 5.68. The molecule has 0 spiro atoms. The van der Waals surface area contributed by atoms with Crippen molar-refractivity contribution in [1.82, 2.24) is 0 Å². The molecule has 3 aromatic rings. The molecular formula is C28H36O3S. The highest BCUT2D eigenvalue weighted by Crippen LogP contribution is 2.47. The van der Waals surface area contributed by atoms with Gasteiger partial charge in [-0.2, -0.15) is 0 Å². The SMILES string of the molecule is CC(C)(C)c1cc(-c2csc(-c3ccccc3OCCCCO)c2O)cc(C(C)(C)C)c1. The molecule has 0 saturated heterocycles. The molecule has 2 N–H and O–H groups in total. The lowest BCUT2D eigenvalue weighted by Gasteiger charge is -2.26. The maximum absolute atomic E-state index is 11.3. The Bertz CT molecular complexity index is 1020. The van der Waals surface area contributed by atoms with Gasteiger partial charge in [0.25, 0.3) is 0 Å². The maximum atomic E-state index is 11.3. The van der Waals surface area contributed by atoms with Crippen molar-refractivity contribution in [3.8, 4) is 33.1 Å². The van der Waals surface area contributed by atoms with Crippen molar-refractivity contribution < 1.29 is 14.9 Å². The van der Waals surface area contributed by atoms with Gasteiger partial charge < -0.3 is 14.9 Å². The molecule has 0 saturated carbocycles. The van der Waals surface area contributed by atoms with Crippen LogP contribution in [0.4, 0.5) is 0 Å². The van der Waals surface area contributed by atoms with Crippen molar-refractivity contribution >= 4 is 11.3 Å². The average molecular weight is 453 g/mol. The van der Waals surface area contributed by atoms with E-state index in [4.69, 9.17) is 9.84 Å². The molecule has 0 aliphatic carbocycles. The van der Waals surface area contributed by atoms with Gasteiger partial charge in [-0.15, -0.1) is 11.3 Å². The molecule has 3 rings (SSSR count). The molecule has 3 nitrogen and oxygen atoms in total. The van der Waals surface area contributed by atoms with Gasteiger partial charge in [0.1, 0.15) is 11.5 Å². The number of aromatic hydroxyl groups is 1. The molecule has 0 aliphatic heterocycles. The molecule has 2 aromatic carbocycles. The lowest BCUT2D eigenvalue weighted by atomic mass is 9.79. The molecule has 172 valence electrons. The summed E-state index contributed by atoms with van der Waals surface area (Å²) in [6, 6.07) is 14.5. The Morgan fingerprint density at radius 3 is 2.06 bits per heavy atom. The molecule has 1 aromatic heterocycles. The van der Waals surface area contributed by atoms with E-state index in [0.29, 0.717) is 12.4 Å². The van der Waals surface area contributed by atoms with E-state index < -0.39 is 0 Å². The van der Waals surface area contributed by atoms with E-state index in [-0.39, 0.29) is 17.4 Å². The summed E-state index contributed by atoms with van der Waals surface area (Å²) >= 11 is 1.54. The van der Waals surface area contributed by atoms with Gasteiger partial charge in [0.05, 0.1) is 11.5 Å². The van der Waals surface area contributed by atoms with E-state index in [2.05, 4.69) is 59.7 Å². The zero-order chi connectivity index (χ0) is 23.5. The van der Waals surface area contributed by atoms with Gasteiger partial charge in [-0.1, -0.05) is 71.9 Å². The van der Waals surface area contributed by atoms with Crippen LogP contribution < -0.4 is 4.74 Å². The predicted octanol–water partition coefficient (Wildman–Crippen LogP) is 7.53. The third-order valence-corrected chi connectivity index (χ3v) is 6.69. The molecule has 1 heterocycles. The highest BCUT2D eigenvalue weighted by molar-refractivity contribution is 7.14. The first-order valence-corrected chi connectivity index (χ1v) is 12.2. The molecular weight excluding hydrogens is 416 g/mol. The van der Waals surface area contributed by atoms with Gasteiger partial charge in [-0.3, -0.25) is 0 Å². The van der Waals surface area contributed by atoms with Crippen molar-refractivity contribution in [3.05, 3.63) is 59.0 Å². The quantitative estimate of drug-likeness (QED) is 0.364. The monoisotopic (exact) mass is 452 g/mol. The summed E-state index contributed by atoms with van der Waals surface area (Å²) in [6.07, 6.45) is 1.51. The number of aliphatic hydroxyl groups is 1. The standard InChI is InChI=1S/C28H36O3S/c1-27(2,3)20-15-19(16-21(17-20)28(4,5)6)23-18-32-26(25(23)30)22-11-7-8-12-24(22)31-14-10-9-13-29/h7-8,11-12,15-18,29-30H,9-10,13-14H2,1-6H3. The zero-order valence-corrected chi connectivity index (χ0v) is 21.0. The van der Waals surface area contributed by atoms with Crippen molar-refractivity contribution in [2.24, 2.45) is 0 Å². The average Bonchev–Trinajstić information content (AvgIpc) is 3.11. The van der Waals surface area contributed by atoms with Gasteiger partial charge in [0.15, 0.2) is 0 Å². The van der Waals surface area contributed by atoms with Crippen LogP contribution in [0.25, 0.3) is 21.6 Å². The summed E-state index contributed by atoms with van der Waals surface area (Å²) in [5.41, 5.74) is 5.35. The van der Waals surface area contributed by atoms with Gasteiger partial charge >= 0.3 is 0 Å². The fraction of sp³-hybridized carbons (Fsp3) is 0.429. The van der Waals surface area contributed by atoms with E-state index >= 15 is 0 Å². The van der Waals surface area contributed by atoms with Crippen molar-refractivity contribution in [3.63, 3.8) is 0 Å². The van der Waals surface area contributed by atoms with Gasteiger partial charge in [-0.25, -0.2) is 0 Å². The number of rotatable bonds is 7. The second-order valence-electron chi connectivity index (χ2n) is 10.4. The highest BCUT2D eigenvalue weighted by atomic mass is 32.1. The van der Waals surface area contributed by atoms with E-state index in [1.807, 2.05) is 29.6 Å². The number of hydrogen-bond acceptors (Lipinski definition) is 4. The minimum Gasteiger partial charge on any atom is -0.506 e. The summed E-state index contributed by atoms with van der Waals surface area (Å²) < 4.78 is 5.98. The summed E-state index contributed by atoms with van der Waals surface area (Å²) in [6.45, 7) is 14.1. The number of para-hydroxylation sites is 1. The predicted molar refractivity (Wildman–Crippen MR) is 136 cm³/mol. The molecule has 0 aliphatic rings. The number of unbranched alkanes of at least 4 members (excludes halogenated alkanes) is 1. The maximum Gasteiger partial charge on any atom is 0.142 e. The first-order chi connectivity index (χ1) is 15.0. The Kier molecular flexibility index (Phi) is 7.36. The van der Waals surface area contributed by atoms with E-state index in [9.17, 15) is 5.11 Å². The topological polar surface area (TPSA) is 49.7 Å². The fourth-order valence-electron chi connectivity index (χ4n) is 3.57. The number of thiophene rings is 1. The third kappa shape index (κ3) is 5.54. The van der Waals surface area contributed by atoms with Crippen molar-refractivity contribution in [2.75, 3.05) is 13.2 Å². The minimum atomic E-state index is 0.0134. The van der Waals surface area contributed by atoms with Gasteiger partial charge in [0.2, 0.25) is 0 Å². The molecule has 32 heavy (non-hydrogen) atoms. The van der Waals surface area contributed by atoms with Crippen LogP contribution in [0.15, 0.2) is 47.8 Å². The second-order valence-corrected chi connectivity index (χ2v) is 11.3. The molecule has 0 unspecified atom stereocenters. The van der Waals surface area contributed by atoms with E-state index in [0.717, 1.165) is 40.2 Å². The number of ether oxygens (including phenoxy) is 1. The van der Waals surface area contributed by atoms with Crippen LogP contribution in [0.5, 0.6) is 11.5 Å². The molecule has 0 fully saturated rings. The van der Waals surface area contributed by atoms with Crippen LogP contribution in [0, 0.1) is 0 Å². The Hall–Kier alpha value is -2.30. The lowest BCUT2D eigenvalue weighted by molar-refractivity contribution is 0.253. The van der Waals surface area contributed by atoms with Crippen LogP contribution in [0.2, 0.25) is 0 Å². The van der Waals surface area contributed by atoms with Crippen LogP contribution in [0.1, 0.15) is 65.5 Å². The van der Waals surface area contributed by atoms with E-state index in [1.54, 1.807) is 0 Å². The molecule has 0 radical (unpaired) electrons. The van der Waals surface area contributed by atoms with Crippen LogP contribution in [0.3, 0.4) is 0 Å². The van der Waals surface area contributed by atoms with Gasteiger partial charge in [0, 0.05) is 23.1 Å². The van der Waals surface area contributed by atoms with Gasteiger partial charge in [-0.05, 0) is 52.5 Å². The number of benzene rings is 2. The Balaban J connectivity index is 2.04. The van der Waals surface area contributed by atoms with Crippen molar-refractivity contribution in [1.29, 1.82) is 0 Å². The zero-order valence-electron chi connectivity index (χ0n) is 20.2. The highest BCUT2D eigenvalue weighted by Gasteiger charge is 2.23. The van der Waals surface area contributed by atoms with Crippen LogP contribution in [-0.4, -0.2) is 23.4 Å². The first kappa shape index (κ1) is 24.3. The fourth-order valence-corrected chi connectivity index (χ4v) is 4.57. The van der Waals surface area contributed by atoms with Crippen molar-refractivity contribution in [2.45, 2.75) is 65.2 Å². The normalized spacial score (nSPS) is 12.2. The summed E-state index contributed by atoms with van der Waals surface area (Å²) in [5, 5.41) is 22.3. The molecule has 4 heteroatoms. The first-order valence-electron chi connectivity index (χ1n) is 11.3. The summed E-state index contributed by atoms with van der Waals surface area (Å²) in [5.74, 6) is 1.06. The lowest BCUT2D eigenvalue weighted by Crippen LogP contribution is -2.16. The Morgan fingerprint density at radius 1 is 0.844 bits per heavy atom. The molecule has 0 bridgehead atoms. The van der Waals surface area contributed by atoms with Crippen LogP contribution in [-0.2, 0) is 10.8 Å². The number of aliphatic hydroxyl groups excluding tert-OH is 1. The molecule has 0 amide bonds. The van der Waals surface area contributed by atoms with E-state index in [1.165, 1.54) is 22.5 Å². The molecule has 0 atom stereocenters. The second kappa shape index (κ2) is 9.68. The Labute approximate surface area is 196 Å². The largest absolute Gasteiger partial charge is 0.506 e. The smallest absolute Gasteiger partial charge is 0.142 e. The minimum absolute atomic E-state index is 0.0134. The Morgan fingerprint density at radius 2 is 1.47 bits per heavy atom. The summed E-state index contributed by atoms with van der Waals surface area (Å²) in [4.78, 5) is 0.816. The summed E-state index contributed by atoms with van der Waals surface area (Å²) in [7, 11) is 0. The van der Waals surface area contributed by atoms with Crippen LogP contribution >= 0.6 is 11.3 Å². The number of hydrogen-bond donors (Lipinski definition) is 2.